The van der Waals surface area contributed by atoms with Gasteiger partial charge in [-0.25, -0.2) is 9.59 Å². The van der Waals surface area contributed by atoms with E-state index in [0.29, 0.717) is 0 Å². The van der Waals surface area contributed by atoms with Gasteiger partial charge < -0.3 is 24.4 Å². The zero-order valence-electron chi connectivity index (χ0n) is 14.0. The fourth-order valence-electron chi connectivity index (χ4n) is 2.39. The average Bonchev–Trinajstić information content (AvgIpc) is 2.88. The summed E-state index contributed by atoms with van der Waals surface area (Å²) in [5.41, 5.74) is 0.0900. The van der Waals surface area contributed by atoms with Crippen molar-refractivity contribution in [2.45, 2.75) is 0 Å². The standard InChI is InChI=1S/C17H15BN2O6/c1-25-16(21)12-5-3-4-8-20(15(12)17(22)26-2)14-9-11(10-19)6-7-13(14)18(23)24/h3-9,23-24H,1-2H3. The molecule has 8 nitrogen and oxygen atoms in total. The van der Waals surface area contributed by atoms with Gasteiger partial charge in [0.2, 0.25) is 0 Å². The quantitative estimate of drug-likeness (QED) is 0.560. The number of ether oxygens (including phenoxy) is 2. The highest BCUT2D eigenvalue weighted by Gasteiger charge is 2.30. The second-order valence-corrected chi connectivity index (χ2v) is 5.08. The maximum Gasteiger partial charge on any atom is 0.490 e. The monoisotopic (exact) mass is 354 g/mol. The number of hydrogen-bond donors (Lipinski definition) is 2. The van der Waals surface area contributed by atoms with Crippen LogP contribution in [0.1, 0.15) is 5.56 Å². The Labute approximate surface area is 150 Å². The second kappa shape index (κ2) is 8.16. The molecule has 1 aromatic carbocycles. The molecule has 2 rings (SSSR count). The van der Waals surface area contributed by atoms with Crippen LogP contribution in [0.5, 0.6) is 0 Å². The van der Waals surface area contributed by atoms with E-state index in [-0.39, 0.29) is 28.0 Å². The van der Waals surface area contributed by atoms with E-state index in [4.69, 9.17) is 14.7 Å². The largest absolute Gasteiger partial charge is 0.490 e. The fourth-order valence-corrected chi connectivity index (χ4v) is 2.39. The van der Waals surface area contributed by atoms with Crippen molar-refractivity contribution in [3.8, 4) is 6.07 Å². The van der Waals surface area contributed by atoms with E-state index in [1.807, 2.05) is 6.07 Å². The van der Waals surface area contributed by atoms with E-state index in [2.05, 4.69) is 0 Å². The number of esters is 2. The Morgan fingerprint density at radius 1 is 1.15 bits per heavy atom. The zero-order valence-corrected chi connectivity index (χ0v) is 14.0. The minimum atomic E-state index is -1.87. The normalized spacial score (nSPS) is 13.1. The molecule has 0 atom stereocenters. The molecule has 1 aliphatic rings. The van der Waals surface area contributed by atoms with Crippen LogP contribution in [0.4, 0.5) is 5.69 Å². The maximum atomic E-state index is 12.4. The van der Waals surface area contributed by atoms with Crippen LogP contribution in [0.25, 0.3) is 0 Å². The highest BCUT2D eigenvalue weighted by molar-refractivity contribution is 6.60. The lowest BCUT2D eigenvalue weighted by atomic mass is 9.78. The Hall–Kier alpha value is -3.35. The van der Waals surface area contributed by atoms with Crippen molar-refractivity contribution < 1.29 is 29.1 Å². The summed E-state index contributed by atoms with van der Waals surface area (Å²) in [6.07, 6.45) is 5.85. The summed E-state index contributed by atoms with van der Waals surface area (Å²) in [6.45, 7) is 0. The lowest BCUT2D eigenvalue weighted by Gasteiger charge is -2.25. The van der Waals surface area contributed by atoms with E-state index in [9.17, 15) is 19.6 Å². The minimum Gasteiger partial charge on any atom is -0.465 e. The van der Waals surface area contributed by atoms with Crippen molar-refractivity contribution in [2.24, 2.45) is 0 Å². The molecule has 1 aromatic rings. The first-order valence-corrected chi connectivity index (χ1v) is 7.39. The second-order valence-electron chi connectivity index (χ2n) is 5.08. The number of allylic oxidation sites excluding steroid dienone is 2. The molecule has 0 saturated heterocycles. The summed E-state index contributed by atoms with van der Waals surface area (Å²) in [5.74, 6) is -1.62. The predicted molar refractivity (Wildman–Crippen MR) is 92.8 cm³/mol. The highest BCUT2D eigenvalue weighted by atomic mass is 16.5. The van der Waals surface area contributed by atoms with Crippen molar-refractivity contribution in [3.63, 3.8) is 0 Å². The summed E-state index contributed by atoms with van der Waals surface area (Å²) in [4.78, 5) is 25.8. The number of nitriles is 1. The Morgan fingerprint density at radius 2 is 1.85 bits per heavy atom. The van der Waals surface area contributed by atoms with Gasteiger partial charge in [0.05, 0.1) is 31.4 Å². The van der Waals surface area contributed by atoms with Gasteiger partial charge in [0.1, 0.15) is 5.70 Å². The third-order valence-corrected chi connectivity index (χ3v) is 3.59. The Kier molecular flexibility index (Phi) is 5.96. The molecule has 0 unspecified atom stereocenters. The molecule has 132 valence electrons. The van der Waals surface area contributed by atoms with Crippen molar-refractivity contribution in [2.75, 3.05) is 19.1 Å². The van der Waals surface area contributed by atoms with Crippen molar-refractivity contribution in [1.29, 1.82) is 5.26 Å². The van der Waals surface area contributed by atoms with Crippen LogP contribution < -0.4 is 10.4 Å². The molecule has 0 fully saturated rings. The topological polar surface area (TPSA) is 120 Å². The Morgan fingerprint density at radius 3 is 2.42 bits per heavy atom. The lowest BCUT2D eigenvalue weighted by Crippen LogP contribution is -2.37. The molecule has 9 heteroatoms. The lowest BCUT2D eigenvalue weighted by molar-refractivity contribution is -0.139. The SMILES string of the molecule is COC(=O)C1=C(C(=O)OC)N(c2cc(C#N)ccc2B(O)O)C=CC=C1. The van der Waals surface area contributed by atoms with Gasteiger partial charge in [-0.1, -0.05) is 12.1 Å². The molecular weight excluding hydrogens is 339 g/mol. The molecule has 0 spiro atoms. The molecule has 0 bridgehead atoms. The van der Waals surface area contributed by atoms with Crippen LogP contribution in [0, 0.1) is 11.3 Å². The maximum absolute atomic E-state index is 12.4. The van der Waals surface area contributed by atoms with E-state index >= 15 is 0 Å². The number of carbonyl (C=O) groups excluding carboxylic acids is 2. The average molecular weight is 354 g/mol. The van der Waals surface area contributed by atoms with Gasteiger partial charge in [-0.05, 0) is 24.3 Å². The molecule has 26 heavy (non-hydrogen) atoms. The van der Waals surface area contributed by atoms with Crippen LogP contribution in [0.15, 0.2) is 53.9 Å². The number of methoxy groups -OCH3 is 2. The summed E-state index contributed by atoms with van der Waals surface area (Å²) >= 11 is 0. The van der Waals surface area contributed by atoms with Crippen LogP contribution in [0.2, 0.25) is 0 Å². The van der Waals surface area contributed by atoms with Gasteiger partial charge in [-0.2, -0.15) is 5.26 Å². The molecule has 0 radical (unpaired) electrons. The van der Waals surface area contributed by atoms with Crippen molar-refractivity contribution in [3.05, 3.63) is 59.5 Å². The first-order valence-electron chi connectivity index (χ1n) is 7.39. The van der Waals surface area contributed by atoms with Gasteiger partial charge in [0.25, 0.3) is 0 Å². The molecule has 0 amide bonds. The summed E-state index contributed by atoms with van der Waals surface area (Å²) in [6, 6.07) is 6.05. The number of rotatable bonds is 4. The Balaban J connectivity index is 2.79. The van der Waals surface area contributed by atoms with Gasteiger partial charge in [0, 0.05) is 17.4 Å². The van der Waals surface area contributed by atoms with Crippen LogP contribution in [-0.4, -0.2) is 43.3 Å². The van der Waals surface area contributed by atoms with Crippen molar-refractivity contribution >= 4 is 30.2 Å². The summed E-state index contributed by atoms with van der Waals surface area (Å²) in [5, 5.41) is 28.5. The molecule has 0 aliphatic carbocycles. The third-order valence-electron chi connectivity index (χ3n) is 3.59. The number of hydrogen-bond acceptors (Lipinski definition) is 8. The first kappa shape index (κ1) is 19.0. The highest BCUT2D eigenvalue weighted by Crippen LogP contribution is 2.26. The fraction of sp³-hybridized carbons (Fsp3) is 0.118. The third kappa shape index (κ3) is 3.67. The van der Waals surface area contributed by atoms with E-state index in [1.165, 1.54) is 54.6 Å². The Bertz CT molecular complexity index is 866. The summed E-state index contributed by atoms with van der Waals surface area (Å²) in [7, 11) is 0.441. The number of anilines is 1. The molecular formula is C17H15BN2O6. The first-order chi connectivity index (χ1) is 12.4. The molecule has 0 saturated carbocycles. The van der Waals surface area contributed by atoms with E-state index in [0.717, 1.165) is 7.11 Å². The number of carbonyl (C=O) groups is 2. The van der Waals surface area contributed by atoms with Gasteiger partial charge >= 0.3 is 19.1 Å². The summed E-state index contributed by atoms with van der Waals surface area (Å²) < 4.78 is 9.49. The minimum absolute atomic E-state index is 0.0289. The van der Waals surface area contributed by atoms with Crippen LogP contribution in [-0.2, 0) is 19.1 Å². The molecule has 1 heterocycles. The van der Waals surface area contributed by atoms with E-state index < -0.39 is 19.1 Å². The number of nitrogens with zero attached hydrogens (tertiary/aromatic N) is 2. The van der Waals surface area contributed by atoms with Gasteiger partial charge in [-0.3, -0.25) is 0 Å². The number of benzene rings is 1. The predicted octanol–water partition coefficient (Wildman–Crippen LogP) is -0.272. The zero-order chi connectivity index (χ0) is 19.3. The van der Waals surface area contributed by atoms with Gasteiger partial charge in [0.15, 0.2) is 0 Å². The van der Waals surface area contributed by atoms with Crippen LogP contribution in [0.3, 0.4) is 0 Å². The van der Waals surface area contributed by atoms with Crippen molar-refractivity contribution in [1.82, 2.24) is 0 Å². The van der Waals surface area contributed by atoms with Gasteiger partial charge in [-0.15, -0.1) is 0 Å². The van der Waals surface area contributed by atoms with Crippen LogP contribution >= 0.6 is 0 Å². The molecule has 0 aromatic heterocycles. The van der Waals surface area contributed by atoms with E-state index in [1.54, 1.807) is 0 Å². The molecule has 1 aliphatic heterocycles. The molecule has 2 N–H and O–H groups in total. The smallest absolute Gasteiger partial charge is 0.465 e.